The van der Waals surface area contributed by atoms with Crippen molar-refractivity contribution in [3.8, 4) is 16.9 Å². The van der Waals surface area contributed by atoms with Gasteiger partial charge in [-0.1, -0.05) is 54.1 Å². The number of rotatable bonds is 11. The lowest BCUT2D eigenvalue weighted by molar-refractivity contribution is 0.0173. The SMILES string of the molecule is O=C(O)c1ccc(CCc2ccc(Cl)c(COC3(c4cnccc4-c4ccccc4OC4CC4)CC3)c2)cc1. The molecular formula is C33H30ClNO4. The Bertz CT molecular complexity index is 1490. The Morgan fingerprint density at radius 1 is 0.949 bits per heavy atom. The molecule has 6 heteroatoms. The highest BCUT2D eigenvalue weighted by molar-refractivity contribution is 6.31. The molecule has 6 rings (SSSR count). The number of aromatic carboxylic acids is 1. The summed E-state index contributed by atoms with van der Waals surface area (Å²) in [4.78, 5) is 15.6. The average molecular weight is 540 g/mol. The normalized spacial score (nSPS) is 15.6. The van der Waals surface area contributed by atoms with E-state index in [2.05, 4.69) is 23.2 Å². The molecule has 0 saturated heterocycles. The Hall–Kier alpha value is -3.67. The number of halogens is 1. The maximum atomic E-state index is 11.1. The van der Waals surface area contributed by atoms with Gasteiger partial charge in [0.25, 0.3) is 0 Å². The Kier molecular flexibility index (Phi) is 7.11. The topological polar surface area (TPSA) is 68.7 Å². The number of hydrogen-bond donors (Lipinski definition) is 1. The van der Waals surface area contributed by atoms with Crippen LogP contribution in [0.1, 0.15) is 58.3 Å². The molecule has 0 unspecified atom stereocenters. The van der Waals surface area contributed by atoms with Gasteiger partial charge in [0.1, 0.15) is 5.75 Å². The molecule has 0 spiro atoms. The van der Waals surface area contributed by atoms with E-state index in [9.17, 15) is 4.79 Å². The third-order valence-corrected chi connectivity index (χ3v) is 7.90. The predicted molar refractivity (Wildman–Crippen MR) is 151 cm³/mol. The van der Waals surface area contributed by atoms with Crippen LogP contribution in [-0.4, -0.2) is 22.2 Å². The summed E-state index contributed by atoms with van der Waals surface area (Å²) in [6.07, 6.45) is 9.81. The number of para-hydroxylation sites is 1. The van der Waals surface area contributed by atoms with Gasteiger partial charge in [-0.2, -0.15) is 0 Å². The fraction of sp³-hybridized carbons (Fsp3) is 0.273. The Morgan fingerprint density at radius 2 is 1.69 bits per heavy atom. The molecule has 1 aromatic heterocycles. The van der Waals surface area contributed by atoms with Crippen LogP contribution in [0.4, 0.5) is 0 Å². The number of aryl methyl sites for hydroxylation is 2. The molecule has 39 heavy (non-hydrogen) atoms. The van der Waals surface area contributed by atoms with Crippen LogP contribution in [0.5, 0.6) is 5.75 Å². The van der Waals surface area contributed by atoms with Gasteiger partial charge in [0.15, 0.2) is 0 Å². The van der Waals surface area contributed by atoms with Gasteiger partial charge in [-0.3, -0.25) is 4.98 Å². The minimum absolute atomic E-state index is 0.300. The Labute approximate surface area is 233 Å². The molecule has 1 N–H and O–H groups in total. The van der Waals surface area contributed by atoms with E-state index < -0.39 is 5.97 Å². The molecule has 1 heterocycles. The van der Waals surface area contributed by atoms with Crippen molar-refractivity contribution in [3.05, 3.63) is 118 Å². The lowest BCUT2D eigenvalue weighted by Gasteiger charge is -2.22. The van der Waals surface area contributed by atoms with Gasteiger partial charge in [-0.05, 0) is 91.1 Å². The van der Waals surface area contributed by atoms with Crippen LogP contribution in [0.2, 0.25) is 5.02 Å². The largest absolute Gasteiger partial charge is 0.490 e. The van der Waals surface area contributed by atoms with Crippen LogP contribution >= 0.6 is 11.6 Å². The van der Waals surface area contributed by atoms with Gasteiger partial charge >= 0.3 is 5.97 Å². The summed E-state index contributed by atoms with van der Waals surface area (Å²) < 4.78 is 12.8. The van der Waals surface area contributed by atoms with Gasteiger partial charge in [-0.15, -0.1) is 0 Å². The van der Waals surface area contributed by atoms with Gasteiger partial charge in [0.05, 0.1) is 23.9 Å². The van der Waals surface area contributed by atoms with Crippen LogP contribution < -0.4 is 4.74 Å². The van der Waals surface area contributed by atoms with Gasteiger partial charge in [0, 0.05) is 28.5 Å². The zero-order valence-electron chi connectivity index (χ0n) is 21.6. The van der Waals surface area contributed by atoms with E-state index >= 15 is 0 Å². The summed E-state index contributed by atoms with van der Waals surface area (Å²) in [5, 5.41) is 9.80. The fourth-order valence-electron chi connectivity index (χ4n) is 4.97. The summed E-state index contributed by atoms with van der Waals surface area (Å²) in [6, 6.07) is 23.4. The first-order chi connectivity index (χ1) is 19.0. The molecule has 4 aromatic rings. The van der Waals surface area contributed by atoms with Gasteiger partial charge in [-0.25, -0.2) is 4.79 Å². The maximum Gasteiger partial charge on any atom is 0.335 e. The van der Waals surface area contributed by atoms with E-state index in [0.29, 0.717) is 23.3 Å². The van der Waals surface area contributed by atoms with E-state index in [4.69, 9.17) is 26.2 Å². The van der Waals surface area contributed by atoms with Crippen LogP contribution in [-0.2, 0) is 29.8 Å². The van der Waals surface area contributed by atoms with Crippen molar-refractivity contribution in [2.24, 2.45) is 0 Å². The predicted octanol–water partition coefficient (Wildman–Crippen LogP) is 7.63. The number of pyridine rings is 1. The van der Waals surface area contributed by atoms with Crippen LogP contribution in [0, 0.1) is 0 Å². The highest BCUT2D eigenvalue weighted by atomic mass is 35.5. The van der Waals surface area contributed by atoms with E-state index in [1.807, 2.05) is 54.9 Å². The van der Waals surface area contributed by atoms with Crippen LogP contribution in [0.3, 0.4) is 0 Å². The van der Waals surface area contributed by atoms with Crippen LogP contribution in [0.25, 0.3) is 11.1 Å². The second kappa shape index (κ2) is 10.8. The monoisotopic (exact) mass is 539 g/mol. The first-order valence-corrected chi connectivity index (χ1v) is 13.8. The molecule has 0 aliphatic heterocycles. The highest BCUT2D eigenvalue weighted by Crippen LogP contribution is 2.53. The van der Waals surface area contributed by atoms with Crippen molar-refractivity contribution in [2.75, 3.05) is 0 Å². The minimum atomic E-state index is -0.911. The lowest BCUT2D eigenvalue weighted by atomic mass is 9.96. The van der Waals surface area contributed by atoms with Gasteiger partial charge < -0.3 is 14.6 Å². The summed E-state index contributed by atoms with van der Waals surface area (Å²) in [5.74, 6) is 0.00290. The molecule has 2 saturated carbocycles. The quantitative estimate of drug-likeness (QED) is 0.212. The number of carboxylic acids is 1. The minimum Gasteiger partial charge on any atom is -0.490 e. The number of benzene rings is 3. The maximum absolute atomic E-state index is 11.1. The molecule has 0 radical (unpaired) electrons. The third kappa shape index (κ3) is 5.85. The lowest BCUT2D eigenvalue weighted by Crippen LogP contribution is -2.14. The second-order valence-corrected chi connectivity index (χ2v) is 10.9. The van der Waals surface area contributed by atoms with Crippen LogP contribution in [0.15, 0.2) is 85.2 Å². The number of nitrogens with zero attached hydrogens (tertiary/aromatic N) is 1. The van der Waals surface area contributed by atoms with Crippen molar-refractivity contribution in [2.45, 2.75) is 56.8 Å². The number of carboxylic acid groups (broad SMARTS) is 1. The molecule has 0 amide bonds. The van der Waals surface area contributed by atoms with Crippen molar-refractivity contribution < 1.29 is 19.4 Å². The Balaban J connectivity index is 1.17. The molecule has 0 atom stereocenters. The number of carbonyl (C=O) groups is 1. The molecular weight excluding hydrogens is 510 g/mol. The average Bonchev–Trinajstić information content (AvgIpc) is 3.90. The molecule has 2 aliphatic rings. The van der Waals surface area contributed by atoms with E-state index in [1.54, 1.807) is 12.1 Å². The molecule has 2 fully saturated rings. The summed E-state index contributed by atoms with van der Waals surface area (Å²) in [5.41, 5.74) is 6.41. The Morgan fingerprint density at radius 3 is 2.44 bits per heavy atom. The number of ether oxygens (including phenoxy) is 2. The molecule has 0 bridgehead atoms. The first kappa shape index (κ1) is 25.6. The molecule has 198 valence electrons. The fourth-order valence-corrected chi connectivity index (χ4v) is 5.14. The highest BCUT2D eigenvalue weighted by Gasteiger charge is 2.47. The number of hydrogen-bond acceptors (Lipinski definition) is 4. The third-order valence-electron chi connectivity index (χ3n) is 7.53. The van der Waals surface area contributed by atoms with E-state index in [1.165, 1.54) is 5.56 Å². The van der Waals surface area contributed by atoms with Crippen molar-refractivity contribution in [1.29, 1.82) is 0 Å². The van der Waals surface area contributed by atoms with Crippen molar-refractivity contribution in [3.63, 3.8) is 0 Å². The smallest absolute Gasteiger partial charge is 0.335 e. The zero-order chi connectivity index (χ0) is 26.8. The summed E-state index contributed by atoms with van der Waals surface area (Å²) in [6.45, 7) is 0.411. The molecule has 2 aliphatic carbocycles. The first-order valence-electron chi connectivity index (χ1n) is 13.4. The van der Waals surface area contributed by atoms with Gasteiger partial charge in [0.2, 0.25) is 0 Å². The van der Waals surface area contributed by atoms with Crippen molar-refractivity contribution >= 4 is 17.6 Å². The second-order valence-electron chi connectivity index (χ2n) is 10.4. The van der Waals surface area contributed by atoms with Crippen molar-refractivity contribution in [1.82, 2.24) is 4.98 Å². The summed E-state index contributed by atoms with van der Waals surface area (Å²) in [7, 11) is 0. The molecule has 5 nitrogen and oxygen atoms in total. The molecule has 3 aromatic carbocycles. The zero-order valence-corrected chi connectivity index (χ0v) is 22.4. The standard InChI is InChI=1S/C33H30ClNO4/c34-30-14-9-23(6-5-22-7-10-24(11-8-22)32(36)37)19-25(30)21-38-33(16-17-33)29-20-35-18-15-27(29)28-3-1-2-4-31(28)39-26-12-13-26/h1-4,7-11,14-15,18-20,26H,5-6,12-13,16-17,21H2,(H,36,37). The number of aromatic nitrogens is 1. The summed E-state index contributed by atoms with van der Waals surface area (Å²) >= 11 is 6.59. The van der Waals surface area contributed by atoms with E-state index in [-0.39, 0.29) is 5.60 Å². The van der Waals surface area contributed by atoms with E-state index in [0.717, 1.165) is 72.1 Å².